The Hall–Kier alpha value is -0.720. The monoisotopic (exact) mass is 330 g/mol. The molecule has 1 aromatic rings. The van der Waals surface area contributed by atoms with Gasteiger partial charge in [0.1, 0.15) is 11.3 Å². The van der Waals surface area contributed by atoms with E-state index >= 15 is 0 Å². The van der Waals surface area contributed by atoms with Gasteiger partial charge in [-0.3, -0.25) is 9.48 Å². The van der Waals surface area contributed by atoms with E-state index in [1.807, 2.05) is 6.92 Å². The van der Waals surface area contributed by atoms with E-state index in [4.69, 9.17) is 9.47 Å². The number of hydrogen-bond donors (Lipinski definition) is 0. The van der Waals surface area contributed by atoms with E-state index in [1.54, 1.807) is 18.0 Å². The molecule has 1 unspecified atom stereocenters. The quantitative estimate of drug-likeness (QED) is 0.778. The SMILES string of the molecule is COCCn1ncc(Br)c1C(=O)C1(C)CCCCO1. The third-order valence-electron chi connectivity index (χ3n) is 3.47. The van der Waals surface area contributed by atoms with Crippen LogP contribution in [0.15, 0.2) is 10.7 Å². The summed E-state index contributed by atoms with van der Waals surface area (Å²) < 4.78 is 13.2. The van der Waals surface area contributed by atoms with Gasteiger partial charge in [0.05, 0.1) is 23.8 Å². The van der Waals surface area contributed by atoms with E-state index in [9.17, 15) is 4.79 Å². The molecular weight excluding hydrogens is 312 g/mol. The van der Waals surface area contributed by atoms with Crippen LogP contribution < -0.4 is 0 Å². The highest BCUT2D eigenvalue weighted by molar-refractivity contribution is 9.10. The summed E-state index contributed by atoms with van der Waals surface area (Å²) in [7, 11) is 1.63. The van der Waals surface area contributed by atoms with E-state index in [-0.39, 0.29) is 5.78 Å². The van der Waals surface area contributed by atoms with Crippen molar-refractivity contribution in [3.8, 4) is 0 Å². The maximum Gasteiger partial charge on any atom is 0.213 e. The lowest BCUT2D eigenvalue weighted by atomic mass is 9.90. The molecule has 1 aliphatic heterocycles. The van der Waals surface area contributed by atoms with Crippen LogP contribution in [0.2, 0.25) is 0 Å². The summed E-state index contributed by atoms with van der Waals surface area (Å²) in [4.78, 5) is 12.7. The number of ether oxygens (including phenoxy) is 2. The average Bonchev–Trinajstić information content (AvgIpc) is 2.77. The molecule has 1 fully saturated rings. The molecule has 0 radical (unpaired) electrons. The number of rotatable bonds is 5. The fraction of sp³-hybridized carbons (Fsp3) is 0.692. The largest absolute Gasteiger partial charge is 0.383 e. The van der Waals surface area contributed by atoms with Crippen LogP contribution in [0.1, 0.15) is 36.7 Å². The molecule has 0 amide bonds. The van der Waals surface area contributed by atoms with Gasteiger partial charge in [-0.05, 0) is 42.1 Å². The summed E-state index contributed by atoms with van der Waals surface area (Å²) in [5.41, 5.74) is -0.160. The van der Waals surface area contributed by atoms with Gasteiger partial charge >= 0.3 is 0 Å². The summed E-state index contributed by atoms with van der Waals surface area (Å²) in [6.45, 7) is 3.59. The molecular formula is C13H19BrN2O3. The molecule has 106 valence electrons. The van der Waals surface area contributed by atoms with Crippen LogP contribution in [0, 0.1) is 0 Å². The molecule has 0 spiro atoms. The zero-order chi connectivity index (χ0) is 13.9. The number of hydrogen-bond acceptors (Lipinski definition) is 4. The number of carbonyl (C=O) groups excluding carboxylic acids is 1. The number of methoxy groups -OCH3 is 1. The Bertz CT molecular complexity index is 453. The smallest absolute Gasteiger partial charge is 0.213 e. The van der Waals surface area contributed by atoms with Gasteiger partial charge in [-0.1, -0.05) is 0 Å². The lowest BCUT2D eigenvalue weighted by molar-refractivity contribution is -0.0433. The van der Waals surface area contributed by atoms with Crippen molar-refractivity contribution in [3.63, 3.8) is 0 Å². The molecule has 6 heteroatoms. The van der Waals surface area contributed by atoms with Crippen molar-refractivity contribution in [2.45, 2.75) is 38.3 Å². The Kier molecular flexibility index (Phi) is 4.76. The fourth-order valence-corrected chi connectivity index (χ4v) is 2.78. The van der Waals surface area contributed by atoms with Gasteiger partial charge in [0.15, 0.2) is 0 Å². The molecule has 0 bridgehead atoms. The molecule has 0 N–H and O–H groups in total. The molecule has 1 aromatic heterocycles. The predicted octanol–water partition coefficient (Wildman–Crippen LogP) is 2.43. The van der Waals surface area contributed by atoms with Crippen LogP contribution in [-0.4, -0.2) is 41.5 Å². The number of ketones is 1. The van der Waals surface area contributed by atoms with Gasteiger partial charge in [-0.15, -0.1) is 0 Å². The minimum atomic E-state index is -0.731. The standard InChI is InChI=1S/C13H19BrN2O3/c1-13(5-3-4-7-19-13)12(17)11-10(14)9-15-16(11)6-8-18-2/h9H,3-8H2,1-2H3. The van der Waals surface area contributed by atoms with Crippen LogP contribution in [0.3, 0.4) is 0 Å². The molecule has 0 aromatic carbocycles. The van der Waals surface area contributed by atoms with Crippen molar-refractivity contribution >= 4 is 21.7 Å². The summed E-state index contributed by atoms with van der Waals surface area (Å²) in [6, 6.07) is 0. The molecule has 1 saturated heterocycles. The number of halogens is 1. The van der Waals surface area contributed by atoms with Crippen molar-refractivity contribution in [2.75, 3.05) is 20.3 Å². The minimum Gasteiger partial charge on any atom is -0.383 e. The van der Waals surface area contributed by atoms with Gasteiger partial charge in [0.2, 0.25) is 5.78 Å². The van der Waals surface area contributed by atoms with E-state index in [0.717, 1.165) is 19.3 Å². The number of Topliss-reactive ketones (excluding diaryl/α,β-unsaturated/α-hetero) is 1. The van der Waals surface area contributed by atoms with Crippen LogP contribution in [0.5, 0.6) is 0 Å². The van der Waals surface area contributed by atoms with Gasteiger partial charge in [-0.2, -0.15) is 5.10 Å². The summed E-state index contributed by atoms with van der Waals surface area (Å²) in [5, 5.41) is 4.21. The van der Waals surface area contributed by atoms with E-state index < -0.39 is 5.60 Å². The fourth-order valence-electron chi connectivity index (χ4n) is 2.30. The van der Waals surface area contributed by atoms with E-state index in [1.165, 1.54) is 0 Å². The topological polar surface area (TPSA) is 53.4 Å². The maximum absolute atomic E-state index is 12.7. The molecule has 2 heterocycles. The first-order valence-corrected chi connectivity index (χ1v) is 7.27. The second kappa shape index (κ2) is 6.15. The van der Waals surface area contributed by atoms with Crippen LogP contribution in [0.25, 0.3) is 0 Å². The second-order valence-corrected chi connectivity index (χ2v) is 5.78. The van der Waals surface area contributed by atoms with Crippen molar-refractivity contribution < 1.29 is 14.3 Å². The van der Waals surface area contributed by atoms with Gasteiger partial charge in [0, 0.05) is 13.7 Å². The molecule has 5 nitrogen and oxygen atoms in total. The van der Waals surface area contributed by atoms with Gasteiger partial charge in [-0.25, -0.2) is 0 Å². The third kappa shape index (κ3) is 3.07. The van der Waals surface area contributed by atoms with E-state index in [0.29, 0.717) is 29.9 Å². The lowest BCUT2D eigenvalue weighted by Crippen LogP contribution is -2.42. The second-order valence-electron chi connectivity index (χ2n) is 4.92. The highest BCUT2D eigenvalue weighted by atomic mass is 79.9. The van der Waals surface area contributed by atoms with Gasteiger partial charge in [0.25, 0.3) is 0 Å². The zero-order valence-corrected chi connectivity index (χ0v) is 12.9. The Balaban J connectivity index is 2.24. The van der Waals surface area contributed by atoms with Crippen molar-refractivity contribution in [3.05, 3.63) is 16.4 Å². The average molecular weight is 331 g/mol. The number of nitrogens with zero attached hydrogens (tertiary/aromatic N) is 2. The van der Waals surface area contributed by atoms with Crippen LogP contribution in [-0.2, 0) is 16.0 Å². The van der Waals surface area contributed by atoms with Crippen molar-refractivity contribution in [1.29, 1.82) is 0 Å². The summed E-state index contributed by atoms with van der Waals surface area (Å²) in [6.07, 6.45) is 4.45. The van der Waals surface area contributed by atoms with Crippen molar-refractivity contribution in [1.82, 2.24) is 9.78 Å². The Morgan fingerprint density at radius 2 is 2.42 bits per heavy atom. The Morgan fingerprint density at radius 3 is 3.05 bits per heavy atom. The Morgan fingerprint density at radius 1 is 1.63 bits per heavy atom. The summed E-state index contributed by atoms with van der Waals surface area (Å²) >= 11 is 3.40. The molecule has 0 aliphatic carbocycles. The van der Waals surface area contributed by atoms with E-state index in [2.05, 4.69) is 21.0 Å². The predicted molar refractivity (Wildman–Crippen MR) is 74.3 cm³/mol. The molecule has 1 atom stereocenters. The Labute approximate surface area is 121 Å². The maximum atomic E-state index is 12.7. The lowest BCUT2D eigenvalue weighted by Gasteiger charge is -2.32. The molecule has 1 aliphatic rings. The zero-order valence-electron chi connectivity index (χ0n) is 11.3. The minimum absolute atomic E-state index is 0.00678. The first-order valence-electron chi connectivity index (χ1n) is 6.47. The highest BCUT2D eigenvalue weighted by Crippen LogP contribution is 2.30. The summed E-state index contributed by atoms with van der Waals surface area (Å²) in [5.74, 6) is -0.00678. The van der Waals surface area contributed by atoms with Crippen molar-refractivity contribution in [2.24, 2.45) is 0 Å². The number of aromatic nitrogens is 2. The van der Waals surface area contributed by atoms with Gasteiger partial charge < -0.3 is 9.47 Å². The first-order chi connectivity index (χ1) is 9.08. The molecule has 0 saturated carbocycles. The van der Waals surface area contributed by atoms with Crippen LogP contribution in [0.4, 0.5) is 0 Å². The molecule has 19 heavy (non-hydrogen) atoms. The number of carbonyl (C=O) groups is 1. The highest BCUT2D eigenvalue weighted by Gasteiger charge is 2.39. The third-order valence-corrected chi connectivity index (χ3v) is 4.05. The molecule has 2 rings (SSSR count). The van der Waals surface area contributed by atoms with Crippen LogP contribution >= 0.6 is 15.9 Å². The first kappa shape index (κ1) is 14.7. The normalized spacial score (nSPS) is 23.5.